The van der Waals surface area contributed by atoms with E-state index in [0.717, 1.165) is 16.7 Å². The van der Waals surface area contributed by atoms with E-state index >= 15 is 0 Å². The van der Waals surface area contributed by atoms with Crippen molar-refractivity contribution < 1.29 is 13.2 Å². The molecule has 166 valence electrons. The Labute approximate surface area is 190 Å². The van der Waals surface area contributed by atoms with Gasteiger partial charge in [0.05, 0.1) is 10.8 Å². The zero-order valence-corrected chi connectivity index (χ0v) is 19.0. The highest BCUT2D eigenvalue weighted by molar-refractivity contribution is 7.89. The minimum Gasteiger partial charge on any atom is -0.352 e. The standard InChI is InChI=1S/C26H28N2O3S/c1-20-12-14-24(15-13-20)32(30,31)28-18-16-23(17-19-28)27-26(29)25(21-8-4-2-5-9-21)22-10-6-3-7-11-22/h2-15,23,25H,16-19H2,1H3,(H,27,29). The van der Waals surface area contributed by atoms with Crippen molar-refractivity contribution >= 4 is 15.9 Å². The summed E-state index contributed by atoms with van der Waals surface area (Å²) in [7, 11) is -3.51. The predicted octanol–water partition coefficient (Wildman–Crippen LogP) is 4.10. The molecule has 1 heterocycles. The highest BCUT2D eigenvalue weighted by atomic mass is 32.2. The first-order valence-corrected chi connectivity index (χ1v) is 12.4. The minimum absolute atomic E-state index is 0.0535. The van der Waals surface area contributed by atoms with Gasteiger partial charge in [-0.05, 0) is 43.0 Å². The fraction of sp³-hybridized carbons (Fsp3) is 0.269. The maximum absolute atomic E-state index is 13.3. The molecule has 1 aliphatic rings. The molecule has 1 N–H and O–H groups in total. The average molecular weight is 449 g/mol. The molecule has 1 amide bonds. The van der Waals surface area contributed by atoms with Crippen LogP contribution >= 0.6 is 0 Å². The zero-order chi connectivity index (χ0) is 22.6. The monoisotopic (exact) mass is 448 g/mol. The third-order valence-corrected chi connectivity index (χ3v) is 7.90. The summed E-state index contributed by atoms with van der Waals surface area (Å²) >= 11 is 0. The van der Waals surface area contributed by atoms with Crippen molar-refractivity contribution in [1.82, 2.24) is 9.62 Å². The van der Waals surface area contributed by atoms with Crippen LogP contribution in [0.1, 0.15) is 35.4 Å². The Bertz CT molecular complexity index is 1100. The molecule has 1 saturated heterocycles. The van der Waals surface area contributed by atoms with Crippen LogP contribution in [0.5, 0.6) is 0 Å². The van der Waals surface area contributed by atoms with Crippen molar-refractivity contribution in [2.75, 3.05) is 13.1 Å². The Morgan fingerprint density at radius 3 is 1.84 bits per heavy atom. The summed E-state index contributed by atoms with van der Waals surface area (Å²) in [5.74, 6) is -0.450. The van der Waals surface area contributed by atoms with Crippen molar-refractivity contribution in [3.8, 4) is 0 Å². The summed E-state index contributed by atoms with van der Waals surface area (Å²) < 4.78 is 27.4. The van der Waals surface area contributed by atoms with E-state index in [1.54, 1.807) is 12.1 Å². The van der Waals surface area contributed by atoms with E-state index in [0.29, 0.717) is 30.8 Å². The van der Waals surface area contributed by atoms with Gasteiger partial charge in [0.15, 0.2) is 0 Å². The molecule has 1 aliphatic heterocycles. The van der Waals surface area contributed by atoms with Crippen molar-refractivity contribution in [1.29, 1.82) is 0 Å². The molecule has 0 saturated carbocycles. The number of aryl methyl sites for hydroxylation is 1. The van der Waals surface area contributed by atoms with E-state index in [4.69, 9.17) is 0 Å². The van der Waals surface area contributed by atoms with Crippen LogP contribution in [0, 0.1) is 6.92 Å². The number of carbonyl (C=O) groups is 1. The van der Waals surface area contributed by atoms with Gasteiger partial charge in [0.1, 0.15) is 0 Å². The molecule has 0 aliphatic carbocycles. The molecule has 32 heavy (non-hydrogen) atoms. The quantitative estimate of drug-likeness (QED) is 0.618. The number of benzene rings is 3. The largest absolute Gasteiger partial charge is 0.352 e. The fourth-order valence-corrected chi connectivity index (χ4v) is 5.64. The molecule has 0 bridgehead atoms. The molecule has 0 atom stereocenters. The lowest BCUT2D eigenvalue weighted by molar-refractivity contribution is -0.122. The molecule has 6 heteroatoms. The Morgan fingerprint density at radius 1 is 0.844 bits per heavy atom. The van der Waals surface area contributed by atoms with Gasteiger partial charge < -0.3 is 5.32 Å². The van der Waals surface area contributed by atoms with Gasteiger partial charge in [0.25, 0.3) is 0 Å². The van der Waals surface area contributed by atoms with Gasteiger partial charge in [-0.15, -0.1) is 0 Å². The van der Waals surface area contributed by atoms with Crippen LogP contribution in [-0.4, -0.2) is 37.8 Å². The maximum atomic E-state index is 13.3. The second kappa shape index (κ2) is 9.67. The molecule has 0 unspecified atom stereocenters. The van der Waals surface area contributed by atoms with Gasteiger partial charge in [0.2, 0.25) is 15.9 Å². The van der Waals surface area contributed by atoms with Crippen LogP contribution in [0.4, 0.5) is 0 Å². The van der Waals surface area contributed by atoms with Crippen LogP contribution in [0.2, 0.25) is 0 Å². The van der Waals surface area contributed by atoms with Crippen LogP contribution in [0.25, 0.3) is 0 Å². The average Bonchev–Trinajstić information content (AvgIpc) is 2.81. The molecular formula is C26H28N2O3S. The number of piperidine rings is 1. The summed E-state index contributed by atoms with van der Waals surface area (Å²) in [6, 6.07) is 26.4. The first-order valence-electron chi connectivity index (χ1n) is 10.9. The van der Waals surface area contributed by atoms with Crippen molar-refractivity contribution in [3.05, 3.63) is 102 Å². The molecule has 3 aromatic rings. The lowest BCUT2D eigenvalue weighted by Crippen LogP contribution is -2.47. The number of nitrogens with one attached hydrogen (secondary N) is 1. The molecule has 0 radical (unpaired) electrons. The normalized spacial score (nSPS) is 15.6. The van der Waals surface area contributed by atoms with E-state index in [9.17, 15) is 13.2 Å². The first-order chi connectivity index (χ1) is 15.4. The number of carbonyl (C=O) groups excluding carboxylic acids is 1. The van der Waals surface area contributed by atoms with Gasteiger partial charge >= 0.3 is 0 Å². The predicted molar refractivity (Wildman–Crippen MR) is 126 cm³/mol. The van der Waals surface area contributed by atoms with E-state index in [2.05, 4.69) is 5.32 Å². The second-order valence-corrected chi connectivity index (χ2v) is 10.2. The first kappa shape index (κ1) is 22.2. The molecule has 5 nitrogen and oxygen atoms in total. The third kappa shape index (κ3) is 4.92. The van der Waals surface area contributed by atoms with Crippen LogP contribution in [-0.2, 0) is 14.8 Å². The molecular weight excluding hydrogens is 420 g/mol. The summed E-state index contributed by atoms with van der Waals surface area (Å²) in [4.78, 5) is 13.6. The fourth-order valence-electron chi connectivity index (χ4n) is 4.17. The molecule has 3 aromatic carbocycles. The smallest absolute Gasteiger partial charge is 0.243 e. The Hall–Kier alpha value is -2.96. The summed E-state index contributed by atoms with van der Waals surface area (Å²) in [6.45, 7) is 2.72. The lowest BCUT2D eigenvalue weighted by Gasteiger charge is -2.32. The van der Waals surface area contributed by atoms with Crippen LogP contribution in [0.15, 0.2) is 89.8 Å². The Balaban J connectivity index is 1.44. The third-order valence-electron chi connectivity index (χ3n) is 5.99. The summed E-state index contributed by atoms with van der Waals surface area (Å²) in [6.07, 6.45) is 1.18. The van der Waals surface area contributed by atoms with E-state index < -0.39 is 15.9 Å². The van der Waals surface area contributed by atoms with E-state index in [1.165, 1.54) is 4.31 Å². The van der Waals surface area contributed by atoms with Gasteiger partial charge in [-0.3, -0.25) is 4.79 Å². The number of hydrogen-bond donors (Lipinski definition) is 1. The van der Waals surface area contributed by atoms with Gasteiger partial charge in [-0.2, -0.15) is 4.31 Å². The van der Waals surface area contributed by atoms with E-state index in [-0.39, 0.29) is 11.9 Å². The van der Waals surface area contributed by atoms with Gasteiger partial charge in [-0.1, -0.05) is 78.4 Å². The Kier molecular flexibility index (Phi) is 6.72. The molecule has 1 fully saturated rings. The number of sulfonamides is 1. The zero-order valence-electron chi connectivity index (χ0n) is 18.1. The Morgan fingerprint density at radius 2 is 1.34 bits per heavy atom. The number of amides is 1. The van der Waals surface area contributed by atoms with Crippen LogP contribution in [0.3, 0.4) is 0 Å². The van der Waals surface area contributed by atoms with Crippen molar-refractivity contribution in [2.24, 2.45) is 0 Å². The van der Waals surface area contributed by atoms with Gasteiger partial charge in [0, 0.05) is 19.1 Å². The van der Waals surface area contributed by atoms with Crippen molar-refractivity contribution in [2.45, 2.75) is 36.6 Å². The number of rotatable bonds is 6. The SMILES string of the molecule is Cc1ccc(S(=O)(=O)N2CCC(NC(=O)C(c3ccccc3)c3ccccc3)CC2)cc1. The van der Waals surface area contributed by atoms with E-state index in [1.807, 2.05) is 79.7 Å². The molecule has 4 rings (SSSR count). The van der Waals surface area contributed by atoms with Crippen molar-refractivity contribution in [3.63, 3.8) is 0 Å². The van der Waals surface area contributed by atoms with Crippen LogP contribution < -0.4 is 5.32 Å². The summed E-state index contributed by atoms with van der Waals surface area (Å²) in [5.41, 5.74) is 2.91. The summed E-state index contributed by atoms with van der Waals surface area (Å²) in [5, 5.41) is 3.17. The second-order valence-electron chi connectivity index (χ2n) is 8.25. The highest BCUT2D eigenvalue weighted by Gasteiger charge is 2.31. The molecule has 0 aromatic heterocycles. The van der Waals surface area contributed by atoms with Gasteiger partial charge in [-0.25, -0.2) is 8.42 Å². The maximum Gasteiger partial charge on any atom is 0.243 e. The number of hydrogen-bond acceptors (Lipinski definition) is 3. The molecule has 0 spiro atoms. The minimum atomic E-state index is -3.51. The lowest BCUT2D eigenvalue weighted by atomic mass is 9.90. The topological polar surface area (TPSA) is 66.5 Å². The number of nitrogens with zero attached hydrogens (tertiary/aromatic N) is 1. The highest BCUT2D eigenvalue weighted by Crippen LogP contribution is 2.26.